The minimum Gasteiger partial charge on any atom is -0.358 e. The van der Waals surface area contributed by atoms with Gasteiger partial charge in [-0.3, -0.25) is 0 Å². The number of hydrogen-bond donors (Lipinski definition) is 0. The summed E-state index contributed by atoms with van der Waals surface area (Å²) in [5.74, 6) is 2.42. The molecule has 0 heterocycles. The minimum atomic E-state index is 0. The van der Waals surface area contributed by atoms with Gasteiger partial charge in [-0.25, -0.2) is 12.8 Å². The average molecular weight is 852 g/mol. The molecule has 0 aliphatic heterocycles. The molecule has 0 amide bonds. The Morgan fingerprint density at radius 1 is 0.500 bits per heavy atom. The maximum atomic E-state index is 3.88. The van der Waals surface area contributed by atoms with Crippen LogP contribution in [0.2, 0.25) is 0 Å². The van der Waals surface area contributed by atoms with Gasteiger partial charge in [-0.2, -0.15) is 11.8 Å². The van der Waals surface area contributed by atoms with E-state index in [9.17, 15) is 0 Å². The zero-order valence-corrected chi connectivity index (χ0v) is 39.6. The van der Waals surface area contributed by atoms with Crippen LogP contribution in [0.4, 0.5) is 0 Å². The first kappa shape index (κ1) is 160. The van der Waals surface area contributed by atoms with E-state index < -0.39 is 0 Å². The van der Waals surface area contributed by atoms with E-state index in [-0.39, 0.29) is 293 Å². The van der Waals surface area contributed by atoms with E-state index in [2.05, 4.69) is 27.2 Å². The second-order valence-corrected chi connectivity index (χ2v) is 2.96. The quantitative estimate of drug-likeness (QED) is 0.245. The van der Waals surface area contributed by atoms with Gasteiger partial charge in [-0.05, 0) is 0 Å². The van der Waals surface area contributed by atoms with E-state index in [1.54, 1.807) is 0 Å². The maximum Gasteiger partial charge on any atom is 3.00 e. The third-order valence-electron chi connectivity index (χ3n) is 2.51. The summed E-state index contributed by atoms with van der Waals surface area (Å²) in [6.45, 7) is 10.0. The summed E-state index contributed by atoms with van der Waals surface area (Å²) in [6.07, 6.45) is 4.53. The van der Waals surface area contributed by atoms with E-state index in [0.717, 1.165) is 30.6 Å². The van der Waals surface area contributed by atoms with Crippen LogP contribution < -0.4 is 0 Å². The van der Waals surface area contributed by atoms with Crippen molar-refractivity contribution < 1.29 is 196 Å². The largest absolute Gasteiger partial charge is 3.00 e. The molecule has 0 aromatic rings. The molecule has 1 aliphatic rings. The van der Waals surface area contributed by atoms with Crippen LogP contribution in [-0.4, -0.2) is 0 Å². The molecule has 2 atom stereocenters. The van der Waals surface area contributed by atoms with Crippen molar-refractivity contribution in [1.82, 2.24) is 0 Å². The van der Waals surface area contributed by atoms with Gasteiger partial charge in [-0.1, -0.05) is 12.8 Å². The zero-order valence-electron chi connectivity index (χ0n) is 22.6. The zero-order chi connectivity index (χ0) is 6.85. The Balaban J connectivity index is -0.00000000251. The monoisotopic (exact) mass is 852 g/mol. The van der Waals surface area contributed by atoms with Crippen molar-refractivity contribution in [2.75, 3.05) is 0 Å². The first-order chi connectivity index (χ1) is 4.29. The predicted octanol–water partition coefficient (Wildman–Crippen LogP) is 8.36. The second-order valence-electron chi connectivity index (χ2n) is 2.96. The van der Waals surface area contributed by atoms with Gasteiger partial charge < -0.3 is 117 Å². The Hall–Kier alpha value is 6.62. The third-order valence-corrected chi connectivity index (χ3v) is 2.51. The molecule has 0 aromatic heterocycles. The molecule has 0 bridgehead atoms. The molecular formula is C22H54Y6-10. The molecule has 0 N–H and O–H groups in total. The fraction of sp³-hybridized carbons (Fsp3) is 0.273. The second kappa shape index (κ2) is 103. The van der Waals surface area contributed by atoms with Crippen LogP contribution in [0.25, 0.3) is 0 Å². The van der Waals surface area contributed by atoms with Crippen LogP contribution in [0.15, 0.2) is 0 Å². The van der Waals surface area contributed by atoms with Gasteiger partial charge >= 0.3 is 65.4 Å². The fourth-order valence-electron chi connectivity index (χ4n) is 1.56. The standard InChI is InChI=1S/C9H15.13CH3.6Y/c1-4-8-6-9(5-2)7(8)3;;;;;;;;;;;;;;;;;;;/h6-9H,1-2,4-5H2,3H3;13*1H3;;;;;;/q-3;13*-1;;;;;2*+3. The van der Waals surface area contributed by atoms with Crippen molar-refractivity contribution in [2.24, 2.45) is 17.8 Å². The normalized spacial score (nSPS) is 13.6. The summed E-state index contributed by atoms with van der Waals surface area (Å²) in [5.41, 5.74) is 0. The molecule has 0 spiro atoms. The minimum absolute atomic E-state index is 0. The summed E-state index contributed by atoms with van der Waals surface area (Å²) < 4.78 is 0. The van der Waals surface area contributed by atoms with Gasteiger partial charge in [0.1, 0.15) is 0 Å². The molecule has 2 unspecified atom stereocenters. The summed E-state index contributed by atoms with van der Waals surface area (Å²) >= 11 is 0. The molecule has 1 fully saturated rings. The molecule has 1 rings (SSSR count). The molecular weight excluding hydrogens is 798 g/mol. The molecule has 6 heteroatoms. The predicted molar refractivity (Wildman–Crippen MR) is 124 cm³/mol. The molecule has 4 radical (unpaired) electrons. The van der Waals surface area contributed by atoms with E-state index in [1.807, 2.05) is 0 Å². The molecule has 28 heavy (non-hydrogen) atoms. The van der Waals surface area contributed by atoms with Crippen molar-refractivity contribution in [3.63, 3.8) is 0 Å². The van der Waals surface area contributed by atoms with Gasteiger partial charge in [0.25, 0.3) is 0 Å². The van der Waals surface area contributed by atoms with Crippen molar-refractivity contribution in [3.05, 3.63) is 117 Å². The summed E-state index contributed by atoms with van der Waals surface area (Å²) in [4.78, 5) is 0. The number of rotatable bonds is 2. The SMILES string of the molecule is [CH2-]CC1[CH-]C(C[CH2-])C1C.[CH3-].[CH3-].[CH3-].[CH3-].[CH3-].[CH3-].[CH3-].[CH3-].[CH3-].[CH3-].[CH3-].[CH3-].[CH3-].[Y+3].[Y+3].[Y].[Y].[Y].[Y]. The van der Waals surface area contributed by atoms with Gasteiger partial charge in [0.15, 0.2) is 0 Å². The van der Waals surface area contributed by atoms with Crippen molar-refractivity contribution in [3.8, 4) is 0 Å². The van der Waals surface area contributed by atoms with Crippen molar-refractivity contribution in [1.29, 1.82) is 0 Å². The Kier molecular flexibility index (Phi) is 591. The molecule has 0 nitrogen and oxygen atoms in total. The van der Waals surface area contributed by atoms with Crippen LogP contribution in [0.3, 0.4) is 0 Å². The van der Waals surface area contributed by atoms with Crippen LogP contribution in [-0.2, 0) is 196 Å². The number of hydrogen-bond acceptors (Lipinski definition) is 0. The van der Waals surface area contributed by atoms with Gasteiger partial charge in [-0.15, -0.1) is 0 Å². The summed E-state index contributed by atoms with van der Waals surface area (Å²) in [6, 6.07) is 0. The first-order valence-corrected chi connectivity index (χ1v) is 3.73. The maximum absolute atomic E-state index is 3.88. The van der Waals surface area contributed by atoms with Crippen LogP contribution in [0, 0.1) is 135 Å². The van der Waals surface area contributed by atoms with Crippen LogP contribution in [0.5, 0.6) is 0 Å². The van der Waals surface area contributed by atoms with E-state index in [1.165, 1.54) is 0 Å². The fourth-order valence-corrected chi connectivity index (χ4v) is 1.56. The third kappa shape index (κ3) is 63.7. The Morgan fingerprint density at radius 3 is 0.714 bits per heavy atom. The average Bonchev–Trinajstić information content (AvgIpc) is 1.87. The molecule has 0 aromatic carbocycles. The van der Waals surface area contributed by atoms with E-state index in [4.69, 9.17) is 0 Å². The Bertz CT molecular complexity index is 97.0. The molecule has 1 saturated carbocycles. The van der Waals surface area contributed by atoms with Gasteiger partial charge in [0, 0.05) is 131 Å². The molecule has 0 saturated heterocycles. The van der Waals surface area contributed by atoms with E-state index >= 15 is 0 Å². The summed E-state index contributed by atoms with van der Waals surface area (Å²) in [5, 5.41) is 0. The Morgan fingerprint density at radius 2 is 0.643 bits per heavy atom. The first-order valence-electron chi connectivity index (χ1n) is 3.73. The van der Waals surface area contributed by atoms with Gasteiger partial charge in [0.2, 0.25) is 0 Å². The summed E-state index contributed by atoms with van der Waals surface area (Å²) in [7, 11) is 0. The van der Waals surface area contributed by atoms with Crippen LogP contribution in [0.1, 0.15) is 19.8 Å². The molecule has 1 aliphatic carbocycles. The van der Waals surface area contributed by atoms with Crippen molar-refractivity contribution >= 4 is 0 Å². The molecule has 170 valence electrons. The van der Waals surface area contributed by atoms with Crippen LogP contribution >= 0.6 is 0 Å². The Labute approximate surface area is 343 Å². The topological polar surface area (TPSA) is 0 Å². The van der Waals surface area contributed by atoms with Crippen molar-refractivity contribution in [2.45, 2.75) is 19.8 Å². The smallest absolute Gasteiger partial charge is 0.358 e. The van der Waals surface area contributed by atoms with Gasteiger partial charge in [0.05, 0.1) is 0 Å². The van der Waals surface area contributed by atoms with E-state index in [0.29, 0.717) is 0 Å².